The predicted molar refractivity (Wildman–Crippen MR) is 95.2 cm³/mol. The zero-order chi connectivity index (χ0) is 19.1. The molecule has 0 fully saturated rings. The number of ketones is 1. The van der Waals surface area contributed by atoms with Crippen LogP contribution in [0.1, 0.15) is 78.6 Å². The third-order valence-electron chi connectivity index (χ3n) is 4.85. The molecule has 0 amide bonds. The molecule has 0 unspecified atom stereocenters. The first-order valence-electron chi connectivity index (χ1n) is 9.69. The molecule has 26 heavy (non-hydrogen) atoms. The molecule has 0 saturated heterocycles. The SMILES string of the molecule is CCCCCC[C@H](OC(C)=O)[C@@H]1C[C@@H](OC(C)=O)C2=C(CCCC2=O)O1. The molecule has 0 N–H and O–H groups in total. The number of hydrogen-bond donors (Lipinski definition) is 0. The molecule has 1 heterocycles. The van der Waals surface area contributed by atoms with E-state index in [0.717, 1.165) is 32.1 Å². The smallest absolute Gasteiger partial charge is 0.303 e. The minimum atomic E-state index is -0.609. The number of unbranched alkanes of at least 4 members (excludes halogenated alkanes) is 3. The highest BCUT2D eigenvalue weighted by molar-refractivity contribution is 5.98. The van der Waals surface area contributed by atoms with Crippen molar-refractivity contribution in [2.45, 2.75) is 96.9 Å². The van der Waals surface area contributed by atoms with Crippen LogP contribution in [0.3, 0.4) is 0 Å². The van der Waals surface area contributed by atoms with Gasteiger partial charge in [-0.25, -0.2) is 0 Å². The van der Waals surface area contributed by atoms with E-state index in [4.69, 9.17) is 14.2 Å². The second-order valence-corrected chi connectivity index (χ2v) is 7.10. The lowest BCUT2D eigenvalue weighted by Crippen LogP contribution is -2.43. The van der Waals surface area contributed by atoms with Crippen molar-refractivity contribution >= 4 is 17.7 Å². The summed E-state index contributed by atoms with van der Waals surface area (Å²) in [5.41, 5.74) is 0.496. The fraction of sp³-hybridized carbons (Fsp3) is 0.750. The maximum absolute atomic E-state index is 12.3. The van der Waals surface area contributed by atoms with Crippen molar-refractivity contribution in [1.29, 1.82) is 0 Å². The standard InChI is InChI=1S/C20H30O6/c1-4-5-6-7-10-16(24-13(2)21)18-12-19(25-14(3)22)20-15(23)9-8-11-17(20)26-18/h16,18-19H,4-12H2,1-3H3/t16-,18-,19+/m0/s1. The number of ether oxygens (including phenoxy) is 3. The van der Waals surface area contributed by atoms with Crippen LogP contribution in [0.25, 0.3) is 0 Å². The average molecular weight is 366 g/mol. The van der Waals surface area contributed by atoms with Gasteiger partial charge in [-0.2, -0.15) is 0 Å². The van der Waals surface area contributed by atoms with Crippen molar-refractivity contribution < 1.29 is 28.6 Å². The van der Waals surface area contributed by atoms with Crippen LogP contribution >= 0.6 is 0 Å². The molecule has 2 aliphatic rings. The fourth-order valence-corrected chi connectivity index (χ4v) is 3.72. The molecule has 0 bridgehead atoms. The first-order chi connectivity index (χ1) is 12.4. The van der Waals surface area contributed by atoms with Crippen LogP contribution in [-0.4, -0.2) is 36.0 Å². The summed E-state index contributed by atoms with van der Waals surface area (Å²) < 4.78 is 17.0. The summed E-state index contributed by atoms with van der Waals surface area (Å²) in [6, 6.07) is 0. The first-order valence-corrected chi connectivity index (χ1v) is 9.69. The number of allylic oxidation sites excluding steroid dienone is 1. The van der Waals surface area contributed by atoms with E-state index in [1.54, 1.807) is 0 Å². The van der Waals surface area contributed by atoms with Gasteiger partial charge in [0.2, 0.25) is 0 Å². The summed E-state index contributed by atoms with van der Waals surface area (Å²) in [5.74, 6) is -0.178. The Morgan fingerprint density at radius 3 is 2.58 bits per heavy atom. The number of hydrogen-bond acceptors (Lipinski definition) is 6. The van der Waals surface area contributed by atoms with Crippen LogP contribution in [0.5, 0.6) is 0 Å². The largest absolute Gasteiger partial charge is 0.490 e. The van der Waals surface area contributed by atoms with Crippen molar-refractivity contribution in [1.82, 2.24) is 0 Å². The van der Waals surface area contributed by atoms with Crippen molar-refractivity contribution in [2.75, 3.05) is 0 Å². The highest BCUT2D eigenvalue weighted by atomic mass is 16.6. The van der Waals surface area contributed by atoms with Crippen LogP contribution < -0.4 is 0 Å². The summed E-state index contributed by atoms with van der Waals surface area (Å²) in [6.45, 7) is 4.87. The molecule has 0 aromatic heterocycles. The van der Waals surface area contributed by atoms with Crippen LogP contribution in [0.2, 0.25) is 0 Å². The van der Waals surface area contributed by atoms with Gasteiger partial charge in [0.15, 0.2) is 5.78 Å². The summed E-state index contributed by atoms with van der Waals surface area (Å²) in [5, 5.41) is 0. The highest BCUT2D eigenvalue weighted by Gasteiger charge is 2.41. The molecule has 3 atom stereocenters. The number of rotatable bonds is 8. The van der Waals surface area contributed by atoms with E-state index in [-0.39, 0.29) is 11.8 Å². The summed E-state index contributed by atoms with van der Waals surface area (Å²) >= 11 is 0. The summed E-state index contributed by atoms with van der Waals surface area (Å²) in [6.07, 6.45) is 5.76. The van der Waals surface area contributed by atoms with Gasteiger partial charge in [0.25, 0.3) is 0 Å². The number of carbonyl (C=O) groups is 3. The number of carbonyl (C=O) groups excluding carboxylic acids is 3. The van der Waals surface area contributed by atoms with E-state index in [1.165, 1.54) is 13.8 Å². The van der Waals surface area contributed by atoms with Gasteiger partial charge in [-0.1, -0.05) is 26.2 Å². The second-order valence-electron chi connectivity index (χ2n) is 7.10. The van der Waals surface area contributed by atoms with E-state index in [1.807, 2.05) is 0 Å². The zero-order valence-electron chi connectivity index (χ0n) is 16.0. The van der Waals surface area contributed by atoms with Gasteiger partial charge in [-0.15, -0.1) is 0 Å². The predicted octanol–water partition coefficient (Wildman–Crippen LogP) is 3.62. The third-order valence-corrected chi connectivity index (χ3v) is 4.85. The van der Waals surface area contributed by atoms with Crippen molar-refractivity contribution in [3.05, 3.63) is 11.3 Å². The molecule has 0 aromatic carbocycles. The van der Waals surface area contributed by atoms with Gasteiger partial charge < -0.3 is 14.2 Å². The lowest BCUT2D eigenvalue weighted by molar-refractivity contribution is -0.162. The average Bonchev–Trinajstić information content (AvgIpc) is 2.56. The molecule has 1 aliphatic heterocycles. The molecule has 6 heteroatoms. The first kappa shape index (κ1) is 20.5. The van der Waals surface area contributed by atoms with Crippen molar-refractivity contribution in [3.8, 4) is 0 Å². The summed E-state index contributed by atoms with van der Waals surface area (Å²) in [4.78, 5) is 35.4. The van der Waals surface area contributed by atoms with Crippen molar-refractivity contribution in [2.24, 2.45) is 0 Å². The molecule has 0 spiro atoms. The molecule has 0 saturated carbocycles. The second kappa shape index (κ2) is 9.74. The third kappa shape index (κ3) is 5.58. The fourth-order valence-electron chi connectivity index (χ4n) is 3.72. The number of esters is 2. The van der Waals surface area contributed by atoms with Crippen LogP contribution in [-0.2, 0) is 28.6 Å². The van der Waals surface area contributed by atoms with E-state index >= 15 is 0 Å². The van der Waals surface area contributed by atoms with E-state index in [0.29, 0.717) is 37.0 Å². The van der Waals surface area contributed by atoms with E-state index in [9.17, 15) is 14.4 Å². The lowest BCUT2D eigenvalue weighted by Gasteiger charge is -2.38. The Labute approximate surface area is 155 Å². The molecule has 1 aliphatic carbocycles. The Balaban J connectivity index is 2.16. The Morgan fingerprint density at radius 1 is 1.15 bits per heavy atom. The molecule has 146 valence electrons. The minimum Gasteiger partial charge on any atom is -0.490 e. The van der Waals surface area contributed by atoms with E-state index in [2.05, 4.69) is 6.92 Å². The monoisotopic (exact) mass is 366 g/mol. The van der Waals surface area contributed by atoms with Gasteiger partial charge in [0, 0.05) is 33.1 Å². The van der Waals surface area contributed by atoms with Gasteiger partial charge >= 0.3 is 11.9 Å². The topological polar surface area (TPSA) is 78.9 Å². The van der Waals surface area contributed by atoms with Gasteiger partial charge in [-0.05, 0) is 19.3 Å². The summed E-state index contributed by atoms with van der Waals surface area (Å²) in [7, 11) is 0. The van der Waals surface area contributed by atoms with Gasteiger partial charge in [-0.3, -0.25) is 14.4 Å². The lowest BCUT2D eigenvalue weighted by atomic mass is 9.86. The Hall–Kier alpha value is -1.85. The molecular weight excluding hydrogens is 336 g/mol. The van der Waals surface area contributed by atoms with E-state index < -0.39 is 24.3 Å². The Morgan fingerprint density at radius 2 is 1.92 bits per heavy atom. The Kier molecular flexibility index (Phi) is 7.66. The molecule has 6 nitrogen and oxygen atoms in total. The molecular formula is C20H30O6. The normalized spacial score (nSPS) is 23.7. The Bertz CT molecular complexity index is 565. The quantitative estimate of drug-likeness (QED) is 0.482. The van der Waals surface area contributed by atoms with Crippen LogP contribution in [0, 0.1) is 0 Å². The maximum atomic E-state index is 12.3. The number of Topliss-reactive ketones (excluding diaryl/α,β-unsaturated/α-hetero) is 1. The molecule has 0 aromatic rings. The highest BCUT2D eigenvalue weighted by Crippen LogP contribution is 2.36. The zero-order valence-corrected chi connectivity index (χ0v) is 16.0. The van der Waals surface area contributed by atoms with Crippen LogP contribution in [0.15, 0.2) is 11.3 Å². The molecule has 2 rings (SSSR count). The van der Waals surface area contributed by atoms with Gasteiger partial charge in [0.1, 0.15) is 24.1 Å². The van der Waals surface area contributed by atoms with Gasteiger partial charge in [0.05, 0.1) is 5.57 Å². The molecule has 0 radical (unpaired) electrons. The maximum Gasteiger partial charge on any atom is 0.303 e. The minimum absolute atomic E-state index is 0.0112. The van der Waals surface area contributed by atoms with Crippen molar-refractivity contribution in [3.63, 3.8) is 0 Å². The van der Waals surface area contributed by atoms with Crippen LogP contribution in [0.4, 0.5) is 0 Å².